The van der Waals surface area contributed by atoms with Crippen molar-refractivity contribution in [3.8, 4) is 17.4 Å². The Morgan fingerprint density at radius 2 is 1.96 bits per heavy atom. The lowest BCUT2D eigenvalue weighted by molar-refractivity contribution is -0.118. The highest BCUT2D eigenvalue weighted by atomic mass is 19.1. The van der Waals surface area contributed by atoms with Crippen molar-refractivity contribution in [2.75, 3.05) is 19.0 Å². The average Bonchev–Trinajstić information content (AvgIpc) is 3.09. The monoisotopic (exact) mass is 360 g/mol. The highest BCUT2D eigenvalue weighted by molar-refractivity contribution is 5.91. The van der Waals surface area contributed by atoms with Gasteiger partial charge in [-0.1, -0.05) is 0 Å². The van der Waals surface area contributed by atoms with Gasteiger partial charge in [-0.15, -0.1) is 5.10 Å². The highest BCUT2D eigenvalue weighted by Crippen LogP contribution is 2.16. The van der Waals surface area contributed by atoms with Crippen molar-refractivity contribution in [2.45, 2.75) is 0 Å². The zero-order valence-corrected chi connectivity index (χ0v) is 13.6. The molecule has 0 bridgehead atoms. The number of benzene rings is 2. The minimum Gasteiger partial charge on any atom is -0.497 e. The van der Waals surface area contributed by atoms with E-state index in [2.05, 4.69) is 15.4 Å². The number of nitrogens with zero attached hydrogens (tertiary/aromatic N) is 3. The molecule has 1 amide bonds. The van der Waals surface area contributed by atoms with Gasteiger partial charge in [-0.25, -0.2) is 13.5 Å². The fourth-order valence-corrected chi connectivity index (χ4v) is 2.10. The van der Waals surface area contributed by atoms with Gasteiger partial charge in [-0.3, -0.25) is 4.79 Å². The molecule has 1 aromatic heterocycles. The molecule has 0 saturated heterocycles. The van der Waals surface area contributed by atoms with E-state index in [0.717, 1.165) is 16.8 Å². The summed E-state index contributed by atoms with van der Waals surface area (Å²) in [5.74, 6) is -1.24. The molecule has 3 aromatic rings. The van der Waals surface area contributed by atoms with Gasteiger partial charge >= 0.3 is 6.01 Å². The van der Waals surface area contributed by atoms with Crippen molar-refractivity contribution < 1.29 is 23.0 Å². The lowest BCUT2D eigenvalue weighted by Gasteiger charge is -2.06. The highest BCUT2D eigenvalue weighted by Gasteiger charge is 2.11. The van der Waals surface area contributed by atoms with E-state index in [9.17, 15) is 13.6 Å². The van der Waals surface area contributed by atoms with Crippen LogP contribution in [0, 0.1) is 11.6 Å². The normalized spacial score (nSPS) is 10.4. The molecule has 0 unspecified atom stereocenters. The van der Waals surface area contributed by atoms with Crippen LogP contribution in [0.2, 0.25) is 0 Å². The molecule has 2 aromatic carbocycles. The number of hydrogen-bond acceptors (Lipinski definition) is 5. The van der Waals surface area contributed by atoms with E-state index in [1.165, 1.54) is 12.4 Å². The second-order valence-electron chi connectivity index (χ2n) is 5.13. The Labute approximate surface area is 147 Å². The number of rotatable bonds is 6. The molecule has 134 valence electrons. The van der Waals surface area contributed by atoms with E-state index in [-0.39, 0.29) is 18.3 Å². The number of anilines is 1. The number of nitrogens with one attached hydrogen (secondary N) is 1. The van der Waals surface area contributed by atoms with Crippen molar-refractivity contribution in [3.05, 3.63) is 60.4 Å². The van der Waals surface area contributed by atoms with Crippen molar-refractivity contribution in [1.82, 2.24) is 14.8 Å². The predicted molar refractivity (Wildman–Crippen MR) is 88.4 cm³/mol. The Morgan fingerprint density at radius 1 is 1.19 bits per heavy atom. The van der Waals surface area contributed by atoms with Crippen LogP contribution in [-0.4, -0.2) is 34.4 Å². The molecule has 1 heterocycles. The zero-order valence-electron chi connectivity index (χ0n) is 13.6. The Balaban J connectivity index is 1.58. The molecule has 0 radical (unpaired) electrons. The number of ether oxygens (including phenoxy) is 2. The Kier molecular flexibility index (Phi) is 5.07. The molecule has 0 atom stereocenters. The fraction of sp³-hybridized carbons (Fsp3) is 0.118. The Bertz CT molecular complexity index is 913. The quantitative estimate of drug-likeness (QED) is 0.731. The second-order valence-corrected chi connectivity index (χ2v) is 5.13. The van der Waals surface area contributed by atoms with Gasteiger partial charge in [0.15, 0.2) is 12.4 Å². The standard InChI is InChI=1S/C17H14F2N4O3/c1-25-13-5-3-12(4-6-13)21-16(24)9-26-17-20-10-23(22-17)15-7-2-11(18)8-14(15)19/h2-8,10H,9H2,1H3,(H,21,24). The van der Waals surface area contributed by atoms with Gasteiger partial charge in [0, 0.05) is 11.8 Å². The maximum absolute atomic E-state index is 13.7. The van der Waals surface area contributed by atoms with Crippen LogP contribution in [0.5, 0.6) is 11.8 Å². The third kappa shape index (κ3) is 4.12. The second kappa shape index (κ2) is 7.60. The summed E-state index contributed by atoms with van der Waals surface area (Å²) in [6.45, 7) is -0.331. The van der Waals surface area contributed by atoms with Crippen molar-refractivity contribution in [3.63, 3.8) is 0 Å². The summed E-state index contributed by atoms with van der Waals surface area (Å²) in [6, 6.07) is 9.72. The Hall–Kier alpha value is -3.49. The summed E-state index contributed by atoms with van der Waals surface area (Å²) in [7, 11) is 1.55. The van der Waals surface area contributed by atoms with Crippen molar-refractivity contribution in [1.29, 1.82) is 0 Å². The molecule has 0 aliphatic rings. The molecule has 0 spiro atoms. The lowest BCUT2D eigenvalue weighted by Crippen LogP contribution is -2.20. The van der Waals surface area contributed by atoms with E-state index >= 15 is 0 Å². The largest absolute Gasteiger partial charge is 0.497 e. The van der Waals surface area contributed by atoms with Crippen LogP contribution < -0.4 is 14.8 Å². The number of aromatic nitrogens is 3. The molecule has 7 nitrogen and oxygen atoms in total. The predicted octanol–water partition coefficient (Wildman–Crippen LogP) is 2.57. The summed E-state index contributed by atoms with van der Waals surface area (Å²) >= 11 is 0. The van der Waals surface area contributed by atoms with Crippen LogP contribution in [0.3, 0.4) is 0 Å². The number of halogens is 2. The van der Waals surface area contributed by atoms with Gasteiger partial charge < -0.3 is 14.8 Å². The molecule has 1 N–H and O–H groups in total. The number of amides is 1. The van der Waals surface area contributed by atoms with Crippen LogP contribution in [0.1, 0.15) is 0 Å². The molecular weight excluding hydrogens is 346 g/mol. The summed E-state index contributed by atoms with van der Waals surface area (Å²) in [6.07, 6.45) is 1.20. The van der Waals surface area contributed by atoms with Gasteiger partial charge in [-0.2, -0.15) is 4.98 Å². The topological polar surface area (TPSA) is 78.3 Å². The average molecular weight is 360 g/mol. The van der Waals surface area contributed by atoms with Crippen LogP contribution in [-0.2, 0) is 4.79 Å². The van der Waals surface area contributed by atoms with Gasteiger partial charge in [-0.05, 0) is 36.4 Å². The van der Waals surface area contributed by atoms with E-state index in [1.807, 2.05) is 0 Å². The van der Waals surface area contributed by atoms with E-state index in [1.54, 1.807) is 31.4 Å². The smallest absolute Gasteiger partial charge is 0.336 e. The first-order valence-electron chi connectivity index (χ1n) is 7.49. The van der Waals surface area contributed by atoms with E-state index < -0.39 is 17.5 Å². The minimum absolute atomic E-state index is 0.0106. The van der Waals surface area contributed by atoms with Crippen LogP contribution in [0.4, 0.5) is 14.5 Å². The van der Waals surface area contributed by atoms with Crippen molar-refractivity contribution >= 4 is 11.6 Å². The number of carbonyl (C=O) groups excluding carboxylic acids is 1. The van der Waals surface area contributed by atoms with Gasteiger partial charge in [0.2, 0.25) is 0 Å². The van der Waals surface area contributed by atoms with Crippen molar-refractivity contribution in [2.24, 2.45) is 0 Å². The van der Waals surface area contributed by atoms with E-state index in [4.69, 9.17) is 9.47 Å². The maximum Gasteiger partial charge on any atom is 0.336 e. The maximum atomic E-state index is 13.7. The molecule has 0 aliphatic carbocycles. The molecule has 0 saturated carbocycles. The summed E-state index contributed by atoms with van der Waals surface area (Å²) in [4.78, 5) is 15.7. The number of carbonyl (C=O) groups is 1. The molecule has 0 aliphatic heterocycles. The Morgan fingerprint density at radius 3 is 2.65 bits per heavy atom. The van der Waals surface area contributed by atoms with Gasteiger partial charge in [0.1, 0.15) is 23.6 Å². The first-order valence-corrected chi connectivity index (χ1v) is 7.49. The van der Waals surface area contributed by atoms with Gasteiger partial charge in [0.25, 0.3) is 5.91 Å². The number of hydrogen-bond donors (Lipinski definition) is 1. The molecule has 26 heavy (non-hydrogen) atoms. The third-order valence-electron chi connectivity index (χ3n) is 3.33. The lowest BCUT2D eigenvalue weighted by atomic mass is 10.3. The fourth-order valence-electron chi connectivity index (χ4n) is 2.10. The minimum atomic E-state index is -0.793. The third-order valence-corrected chi connectivity index (χ3v) is 3.33. The summed E-state index contributed by atoms with van der Waals surface area (Å²) < 4.78 is 37.9. The molecule has 9 heteroatoms. The molecule has 3 rings (SSSR count). The van der Waals surface area contributed by atoms with Crippen LogP contribution in [0.25, 0.3) is 5.69 Å². The first kappa shape index (κ1) is 17.3. The number of methoxy groups -OCH3 is 1. The summed E-state index contributed by atoms with van der Waals surface area (Å²) in [5.41, 5.74) is 0.586. The van der Waals surface area contributed by atoms with E-state index in [0.29, 0.717) is 11.4 Å². The van der Waals surface area contributed by atoms with Crippen LogP contribution >= 0.6 is 0 Å². The summed E-state index contributed by atoms with van der Waals surface area (Å²) in [5, 5.41) is 6.53. The van der Waals surface area contributed by atoms with Gasteiger partial charge in [0.05, 0.1) is 7.11 Å². The SMILES string of the molecule is COc1ccc(NC(=O)COc2ncn(-c3ccc(F)cc3F)n2)cc1. The molecule has 0 fully saturated rings. The zero-order chi connectivity index (χ0) is 18.5. The van der Waals surface area contributed by atoms with Crippen LogP contribution in [0.15, 0.2) is 48.8 Å². The molecular formula is C17H14F2N4O3. The first-order chi connectivity index (χ1) is 12.5.